The lowest BCUT2D eigenvalue weighted by Crippen LogP contribution is -2.54. The van der Waals surface area contributed by atoms with Crippen LogP contribution in [0.4, 0.5) is 4.79 Å². The van der Waals surface area contributed by atoms with Gasteiger partial charge < -0.3 is 20.5 Å². The predicted octanol–water partition coefficient (Wildman–Crippen LogP) is 1.95. The monoisotopic (exact) mass is 387 g/mol. The molecule has 2 aromatic rings. The van der Waals surface area contributed by atoms with E-state index in [-0.39, 0.29) is 30.8 Å². The van der Waals surface area contributed by atoms with Gasteiger partial charge in [0.05, 0.1) is 24.9 Å². The Kier molecular flexibility index (Phi) is 7.00. The van der Waals surface area contributed by atoms with Gasteiger partial charge in [0.25, 0.3) is 0 Å². The maximum atomic E-state index is 11.9. The van der Waals surface area contributed by atoms with Crippen LogP contribution >= 0.6 is 0 Å². The highest BCUT2D eigenvalue weighted by atomic mass is 16.5. The zero-order valence-corrected chi connectivity index (χ0v) is 16.4. The Hall–Kier alpha value is -2.45. The highest BCUT2D eigenvalue weighted by Crippen LogP contribution is 2.23. The lowest BCUT2D eigenvalue weighted by atomic mass is 9.97. The van der Waals surface area contributed by atoms with Crippen LogP contribution in [-0.4, -0.2) is 57.0 Å². The number of hydrogen-bond donors (Lipinski definition) is 3. The molecular formula is C20H29N5O3. The minimum absolute atomic E-state index is 0.0211. The number of aryl methyl sites for hydroxylation is 1. The summed E-state index contributed by atoms with van der Waals surface area (Å²) >= 11 is 0. The van der Waals surface area contributed by atoms with Crippen molar-refractivity contribution >= 4 is 6.03 Å². The molecule has 0 bridgehead atoms. The minimum Gasteiger partial charge on any atom is -0.394 e. The van der Waals surface area contributed by atoms with E-state index in [0.717, 1.165) is 30.5 Å². The summed E-state index contributed by atoms with van der Waals surface area (Å²) in [5.41, 5.74) is 1.88. The lowest BCUT2D eigenvalue weighted by Gasteiger charge is -2.36. The summed E-state index contributed by atoms with van der Waals surface area (Å²) in [5.74, 6) is 0. The Balaban J connectivity index is 1.49. The molecule has 0 saturated carbocycles. The molecule has 2 amide bonds. The fourth-order valence-corrected chi connectivity index (χ4v) is 3.41. The smallest absolute Gasteiger partial charge is 0.315 e. The van der Waals surface area contributed by atoms with Crippen LogP contribution in [0.2, 0.25) is 0 Å². The molecule has 0 spiro atoms. The molecule has 1 aliphatic heterocycles. The topological polar surface area (TPSA) is 101 Å². The van der Waals surface area contributed by atoms with Gasteiger partial charge in [-0.05, 0) is 33.1 Å². The van der Waals surface area contributed by atoms with Gasteiger partial charge >= 0.3 is 6.03 Å². The van der Waals surface area contributed by atoms with E-state index in [1.807, 2.05) is 55.1 Å². The van der Waals surface area contributed by atoms with Crippen molar-refractivity contribution in [2.75, 3.05) is 6.61 Å². The molecule has 3 N–H and O–H groups in total. The summed E-state index contributed by atoms with van der Waals surface area (Å²) in [7, 11) is 0. The Bertz CT molecular complexity index is 749. The van der Waals surface area contributed by atoms with E-state index < -0.39 is 6.10 Å². The molecule has 0 radical (unpaired) electrons. The van der Waals surface area contributed by atoms with Crippen LogP contribution in [-0.2, 0) is 11.3 Å². The van der Waals surface area contributed by atoms with Crippen LogP contribution in [0.5, 0.6) is 0 Å². The van der Waals surface area contributed by atoms with Crippen LogP contribution in [0.25, 0.3) is 11.3 Å². The van der Waals surface area contributed by atoms with E-state index in [2.05, 4.69) is 20.9 Å². The fourth-order valence-electron chi connectivity index (χ4n) is 3.41. The number of rotatable bonds is 7. The first kappa shape index (κ1) is 20.3. The quantitative estimate of drug-likeness (QED) is 0.674. The third kappa shape index (κ3) is 5.53. The van der Waals surface area contributed by atoms with Crippen molar-refractivity contribution in [3.8, 4) is 11.3 Å². The van der Waals surface area contributed by atoms with E-state index >= 15 is 0 Å². The van der Waals surface area contributed by atoms with E-state index in [9.17, 15) is 9.90 Å². The van der Waals surface area contributed by atoms with Gasteiger partial charge in [0, 0.05) is 18.2 Å². The molecule has 3 rings (SSSR count). The highest BCUT2D eigenvalue weighted by molar-refractivity contribution is 5.74. The largest absolute Gasteiger partial charge is 0.394 e. The number of benzene rings is 1. The van der Waals surface area contributed by atoms with Crippen LogP contribution < -0.4 is 10.6 Å². The molecule has 3 atom stereocenters. The molecule has 1 fully saturated rings. The van der Waals surface area contributed by atoms with Crippen molar-refractivity contribution in [1.29, 1.82) is 0 Å². The summed E-state index contributed by atoms with van der Waals surface area (Å²) in [4.78, 5) is 11.9. The van der Waals surface area contributed by atoms with Gasteiger partial charge in [-0.25, -0.2) is 4.79 Å². The van der Waals surface area contributed by atoms with Crippen molar-refractivity contribution in [3.63, 3.8) is 0 Å². The van der Waals surface area contributed by atoms with E-state index in [0.29, 0.717) is 6.54 Å². The number of aliphatic hydroxyl groups is 1. The van der Waals surface area contributed by atoms with Gasteiger partial charge in [0.2, 0.25) is 0 Å². The Morgan fingerprint density at radius 1 is 1.32 bits per heavy atom. The fraction of sp³-hybridized carbons (Fsp3) is 0.550. The van der Waals surface area contributed by atoms with Gasteiger partial charge in [-0.1, -0.05) is 35.5 Å². The van der Waals surface area contributed by atoms with Gasteiger partial charge in [0.15, 0.2) is 0 Å². The first-order valence-corrected chi connectivity index (χ1v) is 9.84. The number of aromatic nitrogens is 3. The maximum absolute atomic E-state index is 11.9. The Morgan fingerprint density at radius 2 is 2.11 bits per heavy atom. The minimum atomic E-state index is -0.396. The number of hydrogen-bond acceptors (Lipinski definition) is 5. The molecule has 1 aromatic heterocycles. The second-order valence-electron chi connectivity index (χ2n) is 7.46. The summed E-state index contributed by atoms with van der Waals surface area (Å²) in [6, 6.07) is 9.59. The van der Waals surface area contributed by atoms with Crippen molar-refractivity contribution in [2.24, 2.45) is 0 Å². The standard InChI is InChI=1S/C20H29N5O3/c1-14(2)21-20(27)22-17-9-8-16(28-19(17)13-26)10-11-25-12-18(23-24-25)15-6-4-3-5-7-15/h3-7,12,14,16-17,19,26H,8-11,13H2,1-2H3,(H2,21,22,27)/t16-,17+,19-/m0/s1. The van der Waals surface area contributed by atoms with Crippen LogP contribution in [0.1, 0.15) is 33.1 Å². The molecule has 8 heteroatoms. The molecule has 8 nitrogen and oxygen atoms in total. The zero-order chi connectivity index (χ0) is 19.9. The molecule has 1 aromatic carbocycles. The van der Waals surface area contributed by atoms with Crippen LogP contribution in [0, 0.1) is 0 Å². The average molecular weight is 387 g/mol. The second kappa shape index (κ2) is 9.66. The number of amides is 2. The van der Waals surface area contributed by atoms with Crippen LogP contribution in [0.15, 0.2) is 36.5 Å². The summed E-state index contributed by atoms with van der Waals surface area (Å²) in [6.07, 6.45) is 3.93. The SMILES string of the molecule is CC(C)NC(=O)N[C@@H]1CC[C@@H](CCn2cc(-c3ccccc3)nn2)O[C@H]1CO. The number of nitrogens with one attached hydrogen (secondary N) is 2. The molecule has 0 unspecified atom stereocenters. The predicted molar refractivity (Wildman–Crippen MR) is 106 cm³/mol. The molecule has 0 aliphatic carbocycles. The van der Waals surface area contributed by atoms with Crippen molar-refractivity contribution < 1.29 is 14.6 Å². The number of ether oxygens (including phenoxy) is 1. The van der Waals surface area contributed by atoms with Gasteiger partial charge in [-0.15, -0.1) is 5.10 Å². The summed E-state index contributed by atoms with van der Waals surface area (Å²) < 4.78 is 7.83. The number of urea groups is 1. The summed E-state index contributed by atoms with van der Waals surface area (Å²) in [6.45, 7) is 4.38. The Morgan fingerprint density at radius 3 is 2.82 bits per heavy atom. The van der Waals surface area contributed by atoms with E-state index in [1.54, 1.807) is 0 Å². The maximum Gasteiger partial charge on any atom is 0.315 e. The first-order chi connectivity index (χ1) is 13.5. The van der Waals surface area contributed by atoms with E-state index in [4.69, 9.17) is 4.74 Å². The van der Waals surface area contributed by atoms with Crippen LogP contribution in [0.3, 0.4) is 0 Å². The first-order valence-electron chi connectivity index (χ1n) is 9.84. The summed E-state index contributed by atoms with van der Waals surface area (Å²) in [5, 5.41) is 23.8. The normalized spacial score (nSPS) is 22.2. The third-order valence-electron chi connectivity index (χ3n) is 4.82. The average Bonchev–Trinajstić information content (AvgIpc) is 3.16. The molecule has 28 heavy (non-hydrogen) atoms. The van der Waals surface area contributed by atoms with Gasteiger partial charge in [-0.2, -0.15) is 0 Å². The second-order valence-corrected chi connectivity index (χ2v) is 7.46. The van der Waals surface area contributed by atoms with Crippen molar-refractivity contribution in [3.05, 3.63) is 36.5 Å². The Labute approximate surface area is 165 Å². The lowest BCUT2D eigenvalue weighted by molar-refractivity contribution is -0.0908. The number of carbonyl (C=O) groups excluding carboxylic acids is 1. The van der Waals surface area contributed by atoms with Crippen molar-refractivity contribution in [2.45, 2.75) is 63.9 Å². The molecule has 1 aliphatic rings. The third-order valence-corrected chi connectivity index (χ3v) is 4.82. The molecule has 2 heterocycles. The van der Waals surface area contributed by atoms with Crippen molar-refractivity contribution in [1.82, 2.24) is 25.6 Å². The highest BCUT2D eigenvalue weighted by Gasteiger charge is 2.31. The number of aliphatic hydroxyl groups excluding tert-OH is 1. The number of carbonyl (C=O) groups is 1. The van der Waals surface area contributed by atoms with Gasteiger partial charge in [-0.3, -0.25) is 4.68 Å². The molecule has 1 saturated heterocycles. The van der Waals surface area contributed by atoms with Gasteiger partial charge in [0.1, 0.15) is 11.8 Å². The zero-order valence-electron chi connectivity index (χ0n) is 16.4. The van der Waals surface area contributed by atoms with E-state index in [1.165, 1.54) is 0 Å². The molecule has 152 valence electrons. The number of nitrogens with zero attached hydrogens (tertiary/aromatic N) is 3. The molecular weight excluding hydrogens is 358 g/mol.